The van der Waals surface area contributed by atoms with E-state index in [0.29, 0.717) is 32.2 Å². The van der Waals surface area contributed by atoms with E-state index < -0.39 is 0 Å². The van der Waals surface area contributed by atoms with Crippen molar-refractivity contribution in [3.63, 3.8) is 0 Å². The number of ether oxygens (including phenoxy) is 2. The Morgan fingerprint density at radius 2 is 2.30 bits per heavy atom. The fourth-order valence-corrected chi connectivity index (χ4v) is 2.76. The third-order valence-corrected chi connectivity index (χ3v) is 3.83. The number of carbonyl (C=O) groups excluding carboxylic acids is 1. The van der Waals surface area contributed by atoms with E-state index in [-0.39, 0.29) is 6.03 Å². The molecule has 0 bridgehead atoms. The Bertz CT molecular complexity index is 508. The van der Waals surface area contributed by atoms with E-state index in [1.54, 1.807) is 7.11 Å². The normalized spacial score (nSPS) is 18.6. The Labute approximate surface area is 138 Å². The number of rotatable bonds is 5. The second kappa shape index (κ2) is 8.74. The van der Waals surface area contributed by atoms with Crippen LogP contribution in [0.1, 0.15) is 5.56 Å². The molecule has 1 aliphatic rings. The van der Waals surface area contributed by atoms with Crippen molar-refractivity contribution in [3.8, 4) is 5.75 Å². The molecule has 128 valence electrons. The van der Waals surface area contributed by atoms with Crippen LogP contribution in [0.15, 0.2) is 24.3 Å². The lowest BCUT2D eigenvalue weighted by Gasteiger charge is -2.25. The van der Waals surface area contributed by atoms with Gasteiger partial charge >= 0.3 is 6.03 Å². The van der Waals surface area contributed by atoms with Gasteiger partial charge in [0.1, 0.15) is 5.75 Å². The van der Waals surface area contributed by atoms with Crippen LogP contribution in [0.25, 0.3) is 0 Å². The maximum atomic E-state index is 12.4. The van der Waals surface area contributed by atoms with Crippen molar-refractivity contribution in [1.29, 1.82) is 0 Å². The molecule has 1 aromatic carbocycles. The highest BCUT2D eigenvalue weighted by atomic mass is 16.5. The summed E-state index contributed by atoms with van der Waals surface area (Å²) in [6.45, 7) is 4.07. The lowest BCUT2D eigenvalue weighted by molar-refractivity contribution is 0.112. The summed E-state index contributed by atoms with van der Waals surface area (Å²) < 4.78 is 10.8. The van der Waals surface area contributed by atoms with Crippen LogP contribution in [0.3, 0.4) is 0 Å². The van der Waals surface area contributed by atoms with E-state index in [1.165, 1.54) is 0 Å². The van der Waals surface area contributed by atoms with Gasteiger partial charge in [0.2, 0.25) is 0 Å². The number of carbonyl (C=O) groups is 1. The summed E-state index contributed by atoms with van der Waals surface area (Å²) in [5, 5.41) is 2.98. The summed E-state index contributed by atoms with van der Waals surface area (Å²) in [5.41, 5.74) is 1.02. The van der Waals surface area contributed by atoms with Gasteiger partial charge in [-0.3, -0.25) is 0 Å². The van der Waals surface area contributed by atoms with Gasteiger partial charge in [0.15, 0.2) is 0 Å². The van der Waals surface area contributed by atoms with E-state index in [4.69, 9.17) is 9.47 Å². The first-order chi connectivity index (χ1) is 11.1. The number of hydrogen-bond donors (Lipinski definition) is 1. The zero-order valence-electron chi connectivity index (χ0n) is 14.2. The largest absolute Gasteiger partial charge is 0.497 e. The van der Waals surface area contributed by atoms with Gasteiger partial charge in [0.25, 0.3) is 0 Å². The van der Waals surface area contributed by atoms with Gasteiger partial charge in [-0.25, -0.2) is 4.79 Å². The van der Waals surface area contributed by atoms with Crippen LogP contribution in [-0.2, 0) is 11.3 Å². The minimum Gasteiger partial charge on any atom is -0.497 e. The Hall–Kier alpha value is -1.79. The summed E-state index contributed by atoms with van der Waals surface area (Å²) in [4.78, 5) is 16.4. The van der Waals surface area contributed by atoms with Crippen molar-refractivity contribution in [3.05, 3.63) is 29.8 Å². The molecule has 2 amide bonds. The molecule has 6 nitrogen and oxygen atoms in total. The first-order valence-corrected chi connectivity index (χ1v) is 7.96. The number of benzene rings is 1. The van der Waals surface area contributed by atoms with Crippen LogP contribution in [0.5, 0.6) is 5.75 Å². The smallest absolute Gasteiger partial charge is 0.317 e. The Morgan fingerprint density at radius 3 is 3.04 bits per heavy atom. The van der Waals surface area contributed by atoms with Crippen LogP contribution in [0.4, 0.5) is 4.79 Å². The van der Waals surface area contributed by atoms with Gasteiger partial charge in [0, 0.05) is 32.1 Å². The highest BCUT2D eigenvalue weighted by Crippen LogP contribution is 2.13. The lowest BCUT2D eigenvalue weighted by Crippen LogP contribution is -2.44. The highest BCUT2D eigenvalue weighted by Gasteiger charge is 2.22. The molecule has 1 atom stereocenters. The van der Waals surface area contributed by atoms with Gasteiger partial charge in [-0.05, 0) is 31.8 Å². The molecule has 1 N–H and O–H groups in total. The molecule has 1 heterocycles. The average Bonchev–Trinajstić information content (AvgIpc) is 2.78. The van der Waals surface area contributed by atoms with Crippen LogP contribution in [-0.4, -0.2) is 69.9 Å². The summed E-state index contributed by atoms with van der Waals surface area (Å²) in [5.74, 6) is 1.14. The lowest BCUT2D eigenvalue weighted by atomic mass is 10.1. The fourth-order valence-electron chi connectivity index (χ4n) is 2.76. The van der Waals surface area contributed by atoms with Crippen LogP contribution in [0, 0.1) is 5.92 Å². The second-order valence-corrected chi connectivity index (χ2v) is 6.16. The van der Waals surface area contributed by atoms with E-state index in [2.05, 4.69) is 10.2 Å². The predicted octanol–water partition coefficient (Wildman–Crippen LogP) is 1.41. The SMILES string of the molecule is COc1cccc(CNC(=O)N2CCOCC(CN(C)C)C2)c1. The topological polar surface area (TPSA) is 54.0 Å². The van der Waals surface area contributed by atoms with Crippen LogP contribution < -0.4 is 10.1 Å². The van der Waals surface area contributed by atoms with Gasteiger partial charge in [-0.2, -0.15) is 0 Å². The standard InChI is InChI=1S/C17H27N3O3/c1-19(2)11-15-12-20(7-8-23-13-15)17(21)18-10-14-5-4-6-16(9-14)22-3/h4-6,9,15H,7-8,10-13H2,1-3H3,(H,18,21). The van der Waals surface area contributed by atoms with E-state index in [9.17, 15) is 4.79 Å². The molecule has 0 spiro atoms. The molecule has 0 aliphatic carbocycles. The number of amides is 2. The Morgan fingerprint density at radius 1 is 1.48 bits per heavy atom. The minimum atomic E-state index is -0.0397. The first-order valence-electron chi connectivity index (χ1n) is 7.96. The zero-order chi connectivity index (χ0) is 16.7. The maximum absolute atomic E-state index is 12.4. The van der Waals surface area contributed by atoms with Crippen molar-refractivity contribution >= 4 is 6.03 Å². The monoisotopic (exact) mass is 321 g/mol. The number of nitrogens with one attached hydrogen (secondary N) is 1. The van der Waals surface area contributed by atoms with E-state index >= 15 is 0 Å². The summed E-state index contributed by atoms with van der Waals surface area (Å²) >= 11 is 0. The zero-order valence-corrected chi connectivity index (χ0v) is 14.2. The van der Waals surface area contributed by atoms with Gasteiger partial charge in [-0.1, -0.05) is 12.1 Å². The third kappa shape index (κ3) is 5.73. The van der Waals surface area contributed by atoms with Crippen molar-refractivity contribution in [2.24, 2.45) is 5.92 Å². The summed E-state index contributed by atoms with van der Waals surface area (Å²) in [7, 11) is 5.72. The molecule has 0 radical (unpaired) electrons. The molecule has 1 unspecified atom stereocenters. The maximum Gasteiger partial charge on any atom is 0.317 e. The third-order valence-electron chi connectivity index (χ3n) is 3.83. The Kier molecular flexibility index (Phi) is 6.67. The molecule has 0 saturated carbocycles. The fraction of sp³-hybridized carbons (Fsp3) is 0.588. The molecule has 2 rings (SSSR count). The predicted molar refractivity (Wildman–Crippen MR) is 89.7 cm³/mol. The molecule has 1 aliphatic heterocycles. The van der Waals surface area contributed by atoms with Crippen molar-refractivity contribution in [1.82, 2.24) is 15.1 Å². The minimum absolute atomic E-state index is 0.0397. The number of urea groups is 1. The van der Waals surface area contributed by atoms with Gasteiger partial charge in [0.05, 0.1) is 20.3 Å². The highest BCUT2D eigenvalue weighted by molar-refractivity contribution is 5.74. The Balaban J connectivity index is 1.88. The molecular weight excluding hydrogens is 294 g/mol. The molecule has 23 heavy (non-hydrogen) atoms. The summed E-state index contributed by atoms with van der Waals surface area (Å²) in [6.07, 6.45) is 0. The quantitative estimate of drug-likeness (QED) is 0.891. The molecule has 1 saturated heterocycles. The van der Waals surface area contributed by atoms with Gasteiger partial charge < -0.3 is 24.6 Å². The molecule has 6 heteroatoms. The van der Waals surface area contributed by atoms with Crippen LogP contribution >= 0.6 is 0 Å². The summed E-state index contributed by atoms with van der Waals surface area (Å²) in [6, 6.07) is 7.68. The van der Waals surface area contributed by atoms with E-state index in [1.807, 2.05) is 43.3 Å². The molecular formula is C17H27N3O3. The average molecular weight is 321 g/mol. The second-order valence-electron chi connectivity index (χ2n) is 6.16. The van der Waals surface area contributed by atoms with Gasteiger partial charge in [-0.15, -0.1) is 0 Å². The number of methoxy groups -OCH3 is 1. The first kappa shape index (κ1) is 17.6. The molecule has 0 aromatic heterocycles. The van der Waals surface area contributed by atoms with Crippen molar-refractivity contribution in [2.45, 2.75) is 6.54 Å². The van der Waals surface area contributed by atoms with E-state index in [0.717, 1.165) is 24.4 Å². The number of hydrogen-bond acceptors (Lipinski definition) is 4. The van der Waals surface area contributed by atoms with Crippen molar-refractivity contribution < 1.29 is 14.3 Å². The molecule has 1 aromatic rings. The number of nitrogens with zero attached hydrogens (tertiary/aromatic N) is 2. The molecule has 1 fully saturated rings. The van der Waals surface area contributed by atoms with Crippen LogP contribution in [0.2, 0.25) is 0 Å². The van der Waals surface area contributed by atoms with Crippen molar-refractivity contribution in [2.75, 3.05) is 54.1 Å².